The highest BCUT2D eigenvalue weighted by molar-refractivity contribution is 9.10. The minimum absolute atomic E-state index is 0.252. The van der Waals surface area contributed by atoms with Crippen molar-refractivity contribution in [1.29, 1.82) is 0 Å². The fourth-order valence-corrected chi connectivity index (χ4v) is 5.21. The van der Waals surface area contributed by atoms with Crippen LogP contribution in [0.2, 0.25) is 0 Å². The van der Waals surface area contributed by atoms with Crippen LogP contribution >= 0.6 is 27.3 Å². The summed E-state index contributed by atoms with van der Waals surface area (Å²) in [6.07, 6.45) is 3.19. The van der Waals surface area contributed by atoms with E-state index in [9.17, 15) is 8.42 Å². The van der Waals surface area contributed by atoms with E-state index in [2.05, 4.69) is 22.0 Å². The van der Waals surface area contributed by atoms with Crippen LogP contribution in [0.5, 0.6) is 5.75 Å². The van der Waals surface area contributed by atoms with E-state index in [-0.39, 0.29) is 5.92 Å². The topological polar surface area (TPSA) is 46.6 Å². The van der Waals surface area contributed by atoms with Crippen LogP contribution in [0.15, 0.2) is 28.1 Å². The number of piperidine rings is 1. The van der Waals surface area contributed by atoms with E-state index >= 15 is 0 Å². The third kappa shape index (κ3) is 3.48. The first-order valence-electron chi connectivity index (χ1n) is 7.19. The van der Waals surface area contributed by atoms with Gasteiger partial charge in [-0.2, -0.15) is 0 Å². The molecule has 1 saturated heterocycles. The van der Waals surface area contributed by atoms with Gasteiger partial charge in [0.05, 0.1) is 17.6 Å². The zero-order valence-electron chi connectivity index (χ0n) is 12.3. The lowest BCUT2D eigenvalue weighted by molar-refractivity contribution is 0.182. The summed E-state index contributed by atoms with van der Waals surface area (Å²) in [6.45, 7) is 1.74. The monoisotopic (exact) mass is 403 g/mol. The van der Waals surface area contributed by atoms with Gasteiger partial charge in [0.15, 0.2) is 0 Å². The molecule has 1 aromatic carbocycles. The van der Waals surface area contributed by atoms with Crippen LogP contribution in [-0.4, -0.2) is 38.7 Å². The Morgan fingerprint density at radius 2 is 2.23 bits per heavy atom. The molecule has 3 rings (SSSR count). The summed E-state index contributed by atoms with van der Waals surface area (Å²) in [5.74, 6) is 1.13. The predicted octanol–water partition coefficient (Wildman–Crippen LogP) is 3.71. The van der Waals surface area contributed by atoms with Gasteiger partial charge in [-0.1, -0.05) is 15.9 Å². The Morgan fingerprint density at radius 1 is 1.41 bits per heavy atom. The summed E-state index contributed by atoms with van der Waals surface area (Å²) in [6, 6.07) is 6.04. The fraction of sp³-hybridized carbons (Fsp3) is 0.467. The van der Waals surface area contributed by atoms with E-state index < -0.39 is 10.0 Å². The second-order valence-electron chi connectivity index (χ2n) is 5.65. The molecule has 22 heavy (non-hydrogen) atoms. The SMILES string of the molecule is CS(=O)(=O)N1CCCC(COc2ccc(Br)c3ccsc23)C1. The van der Waals surface area contributed by atoms with Crippen molar-refractivity contribution in [3.63, 3.8) is 0 Å². The van der Waals surface area contributed by atoms with Gasteiger partial charge in [0, 0.05) is 28.9 Å². The van der Waals surface area contributed by atoms with Crippen LogP contribution in [0.25, 0.3) is 10.1 Å². The lowest BCUT2D eigenvalue weighted by Crippen LogP contribution is -2.40. The van der Waals surface area contributed by atoms with Crippen LogP contribution < -0.4 is 4.74 Å². The number of nitrogens with zero attached hydrogens (tertiary/aromatic N) is 1. The minimum atomic E-state index is -3.10. The Labute approximate surface area is 143 Å². The number of hydrogen-bond acceptors (Lipinski definition) is 4. The molecule has 0 spiro atoms. The number of thiophene rings is 1. The van der Waals surface area contributed by atoms with Gasteiger partial charge < -0.3 is 4.74 Å². The van der Waals surface area contributed by atoms with Gasteiger partial charge in [-0.3, -0.25) is 0 Å². The number of sulfonamides is 1. The van der Waals surface area contributed by atoms with Crippen molar-refractivity contribution in [3.8, 4) is 5.75 Å². The number of fused-ring (bicyclic) bond motifs is 1. The van der Waals surface area contributed by atoms with Gasteiger partial charge in [0.1, 0.15) is 5.75 Å². The molecule has 1 atom stereocenters. The van der Waals surface area contributed by atoms with Gasteiger partial charge in [-0.05, 0) is 36.4 Å². The van der Waals surface area contributed by atoms with Crippen molar-refractivity contribution in [2.75, 3.05) is 26.0 Å². The molecule has 0 amide bonds. The van der Waals surface area contributed by atoms with E-state index in [0.29, 0.717) is 19.7 Å². The molecule has 0 N–H and O–H groups in total. The Hall–Kier alpha value is -0.630. The molecule has 0 aliphatic carbocycles. The number of halogens is 1. The molecule has 0 radical (unpaired) electrons. The largest absolute Gasteiger partial charge is 0.492 e. The van der Waals surface area contributed by atoms with Crippen LogP contribution in [0.3, 0.4) is 0 Å². The van der Waals surface area contributed by atoms with Gasteiger partial charge >= 0.3 is 0 Å². The summed E-state index contributed by atoms with van der Waals surface area (Å²) in [5.41, 5.74) is 0. The second-order valence-corrected chi connectivity index (χ2v) is 9.40. The Kier molecular flexibility index (Phi) is 4.77. The molecule has 1 unspecified atom stereocenters. The third-order valence-corrected chi connectivity index (χ3v) is 6.84. The van der Waals surface area contributed by atoms with Crippen LogP contribution in [-0.2, 0) is 10.0 Å². The minimum Gasteiger partial charge on any atom is -0.492 e. The van der Waals surface area contributed by atoms with E-state index in [1.807, 2.05) is 17.5 Å². The molecule has 1 aromatic heterocycles. The summed E-state index contributed by atoms with van der Waals surface area (Å²) in [7, 11) is -3.10. The van der Waals surface area contributed by atoms with Crippen molar-refractivity contribution in [3.05, 3.63) is 28.1 Å². The highest BCUT2D eigenvalue weighted by atomic mass is 79.9. The van der Waals surface area contributed by atoms with Crippen LogP contribution in [0.1, 0.15) is 12.8 Å². The molecule has 7 heteroatoms. The quantitative estimate of drug-likeness (QED) is 0.781. The maximum atomic E-state index is 11.7. The molecule has 1 aliphatic heterocycles. The van der Waals surface area contributed by atoms with Gasteiger partial charge in [-0.15, -0.1) is 11.3 Å². The van der Waals surface area contributed by atoms with E-state index in [0.717, 1.165) is 33.2 Å². The third-order valence-electron chi connectivity index (χ3n) is 3.95. The lowest BCUT2D eigenvalue weighted by Gasteiger charge is -2.30. The smallest absolute Gasteiger partial charge is 0.211 e. The molecule has 2 heterocycles. The van der Waals surface area contributed by atoms with Gasteiger partial charge in [0.25, 0.3) is 0 Å². The number of hydrogen-bond donors (Lipinski definition) is 0. The average molecular weight is 404 g/mol. The van der Waals surface area contributed by atoms with E-state index in [1.54, 1.807) is 15.6 Å². The molecular formula is C15H18BrNO3S2. The van der Waals surface area contributed by atoms with Crippen molar-refractivity contribution in [2.24, 2.45) is 5.92 Å². The Bertz CT molecular complexity index is 772. The maximum Gasteiger partial charge on any atom is 0.211 e. The highest BCUT2D eigenvalue weighted by Gasteiger charge is 2.26. The number of benzene rings is 1. The highest BCUT2D eigenvalue weighted by Crippen LogP contribution is 2.36. The molecule has 120 valence electrons. The zero-order valence-corrected chi connectivity index (χ0v) is 15.5. The lowest BCUT2D eigenvalue weighted by atomic mass is 10.0. The first kappa shape index (κ1) is 16.2. The zero-order chi connectivity index (χ0) is 15.7. The van der Waals surface area contributed by atoms with Crippen LogP contribution in [0.4, 0.5) is 0 Å². The van der Waals surface area contributed by atoms with Crippen molar-refractivity contribution < 1.29 is 13.2 Å². The molecule has 0 saturated carbocycles. The molecule has 1 aliphatic rings. The first-order chi connectivity index (χ1) is 10.4. The Balaban J connectivity index is 1.69. The Morgan fingerprint density at radius 3 is 3.00 bits per heavy atom. The maximum absolute atomic E-state index is 11.7. The van der Waals surface area contributed by atoms with Crippen LogP contribution in [0, 0.1) is 5.92 Å². The normalized spacial score (nSPS) is 20.4. The average Bonchev–Trinajstić information content (AvgIpc) is 2.97. The van der Waals surface area contributed by atoms with Gasteiger partial charge in [0.2, 0.25) is 10.0 Å². The van der Waals surface area contributed by atoms with E-state index in [4.69, 9.17) is 4.74 Å². The number of rotatable bonds is 4. The molecule has 1 fully saturated rings. The summed E-state index contributed by atoms with van der Waals surface area (Å²) in [5, 5.41) is 3.21. The standard InChI is InChI=1S/C15H18BrNO3S2/c1-22(18,19)17-7-2-3-11(9-17)10-20-14-5-4-13(16)12-6-8-21-15(12)14/h4-6,8,11H,2-3,7,9-10H2,1H3. The van der Waals surface area contributed by atoms with E-state index in [1.165, 1.54) is 6.26 Å². The van der Waals surface area contributed by atoms with Crippen molar-refractivity contribution >= 4 is 47.4 Å². The molecule has 0 bridgehead atoms. The summed E-state index contributed by atoms with van der Waals surface area (Å²) in [4.78, 5) is 0. The van der Waals surface area contributed by atoms with Gasteiger partial charge in [-0.25, -0.2) is 12.7 Å². The molecule has 4 nitrogen and oxygen atoms in total. The van der Waals surface area contributed by atoms with Crippen molar-refractivity contribution in [2.45, 2.75) is 12.8 Å². The summed E-state index contributed by atoms with van der Waals surface area (Å²) < 4.78 is 33.1. The molecule has 2 aromatic rings. The fourth-order valence-electron chi connectivity index (χ4n) is 2.79. The predicted molar refractivity (Wildman–Crippen MR) is 94.2 cm³/mol. The molecular weight excluding hydrogens is 386 g/mol. The number of ether oxygens (including phenoxy) is 1. The van der Waals surface area contributed by atoms with Crippen molar-refractivity contribution in [1.82, 2.24) is 4.31 Å². The second kappa shape index (κ2) is 6.47. The first-order valence-corrected chi connectivity index (χ1v) is 10.7. The summed E-state index contributed by atoms with van der Waals surface area (Å²) >= 11 is 5.20.